The number of aryl methyl sites for hydroxylation is 4. The monoisotopic (exact) mass is 403 g/mol. The number of nitrogens with zero attached hydrogens (tertiary/aromatic N) is 4. The van der Waals surface area contributed by atoms with Crippen molar-refractivity contribution >= 4 is 28.5 Å². The van der Waals surface area contributed by atoms with Crippen LogP contribution in [0.15, 0.2) is 0 Å². The van der Waals surface area contributed by atoms with Crippen molar-refractivity contribution in [3.63, 3.8) is 0 Å². The zero-order chi connectivity index (χ0) is 20.4. The van der Waals surface area contributed by atoms with E-state index < -0.39 is 12.1 Å². The van der Waals surface area contributed by atoms with Crippen molar-refractivity contribution in [1.29, 1.82) is 0 Å². The molecule has 8 nitrogen and oxygen atoms in total. The van der Waals surface area contributed by atoms with E-state index in [4.69, 9.17) is 10.5 Å². The molecule has 0 saturated heterocycles. The zero-order valence-corrected chi connectivity index (χ0v) is 17.4. The Morgan fingerprint density at radius 1 is 1.18 bits per heavy atom. The molecule has 2 aromatic heterocycles. The highest BCUT2D eigenvalue weighted by Gasteiger charge is 2.32. The van der Waals surface area contributed by atoms with E-state index in [2.05, 4.69) is 15.0 Å². The predicted molar refractivity (Wildman–Crippen MR) is 106 cm³/mol. The molecule has 0 saturated carbocycles. The number of aromatic nitrogens is 3. The number of ether oxygens (including phenoxy) is 1. The van der Waals surface area contributed by atoms with Gasteiger partial charge in [-0.25, -0.2) is 19.6 Å². The molecule has 150 valence electrons. The summed E-state index contributed by atoms with van der Waals surface area (Å²) in [7, 11) is 0. The maximum atomic E-state index is 12.8. The molecule has 1 atom stereocenters. The standard InChI is InChI=1S/C19H25N5O3S/c1-5-8-24(13-6-7-14-15(9-13)28-18(20)23-14)19(26)27-17(25)16-12(4)21-10(2)11(3)22-16/h13H,5-9H2,1-4H3,(H2,20,23)/t13-/m0/s1. The van der Waals surface area contributed by atoms with Gasteiger partial charge in [0.2, 0.25) is 0 Å². The Bertz CT molecular complexity index is 911. The number of rotatable bonds is 4. The van der Waals surface area contributed by atoms with Crippen LogP contribution in [0, 0.1) is 20.8 Å². The molecule has 0 aliphatic heterocycles. The third-order valence-electron chi connectivity index (χ3n) is 4.92. The summed E-state index contributed by atoms with van der Waals surface area (Å²) in [6, 6.07) is -0.0421. The van der Waals surface area contributed by atoms with E-state index in [0.717, 1.165) is 35.5 Å². The van der Waals surface area contributed by atoms with Crippen LogP contribution in [0.1, 0.15) is 57.9 Å². The first-order chi connectivity index (χ1) is 13.3. The summed E-state index contributed by atoms with van der Waals surface area (Å²) >= 11 is 1.46. The van der Waals surface area contributed by atoms with Crippen LogP contribution in [0.3, 0.4) is 0 Å². The van der Waals surface area contributed by atoms with Gasteiger partial charge >= 0.3 is 12.1 Å². The van der Waals surface area contributed by atoms with Gasteiger partial charge in [0.15, 0.2) is 10.8 Å². The molecule has 1 amide bonds. The third-order valence-corrected chi connectivity index (χ3v) is 5.87. The minimum Gasteiger partial charge on any atom is -0.375 e. The largest absolute Gasteiger partial charge is 0.418 e. The lowest BCUT2D eigenvalue weighted by atomic mass is 9.96. The molecule has 0 bridgehead atoms. The normalized spacial score (nSPS) is 15.8. The molecule has 0 spiro atoms. The zero-order valence-electron chi connectivity index (χ0n) is 16.6. The topological polar surface area (TPSA) is 111 Å². The van der Waals surface area contributed by atoms with Gasteiger partial charge < -0.3 is 15.4 Å². The fraction of sp³-hybridized carbons (Fsp3) is 0.526. The molecular weight excluding hydrogens is 378 g/mol. The second kappa shape index (κ2) is 8.22. The number of thiazole rings is 1. The van der Waals surface area contributed by atoms with Crippen molar-refractivity contribution in [2.45, 2.75) is 59.4 Å². The molecule has 2 N–H and O–H groups in total. The molecule has 3 rings (SSSR count). The first-order valence-electron chi connectivity index (χ1n) is 9.38. The summed E-state index contributed by atoms with van der Waals surface area (Å²) in [4.78, 5) is 41.0. The Labute approximate surface area is 168 Å². The van der Waals surface area contributed by atoms with Gasteiger partial charge in [0.05, 0.1) is 22.8 Å². The molecule has 0 aromatic carbocycles. The van der Waals surface area contributed by atoms with Crippen LogP contribution in [0.2, 0.25) is 0 Å². The first kappa shape index (κ1) is 20.2. The van der Waals surface area contributed by atoms with Crippen LogP contribution in [0.4, 0.5) is 9.93 Å². The molecule has 9 heteroatoms. The SMILES string of the molecule is CCCN(C(=O)OC(=O)c1nc(C)c(C)nc1C)[C@H]1CCc2nc(N)sc2C1. The van der Waals surface area contributed by atoms with Crippen molar-refractivity contribution in [3.8, 4) is 0 Å². The van der Waals surface area contributed by atoms with E-state index in [-0.39, 0.29) is 11.7 Å². The number of anilines is 1. The fourth-order valence-electron chi connectivity index (χ4n) is 3.40. The predicted octanol–water partition coefficient (Wildman–Crippen LogP) is 2.99. The lowest BCUT2D eigenvalue weighted by Gasteiger charge is -2.32. The summed E-state index contributed by atoms with van der Waals surface area (Å²) in [5.41, 5.74) is 8.73. The summed E-state index contributed by atoms with van der Waals surface area (Å²) in [5, 5.41) is 0.550. The number of nitrogen functional groups attached to an aromatic ring is 1. The maximum absolute atomic E-state index is 12.8. The quantitative estimate of drug-likeness (QED) is 0.617. The Hall–Kier alpha value is -2.55. The number of hydrogen-bond donors (Lipinski definition) is 1. The van der Waals surface area contributed by atoms with Crippen LogP contribution in [0.5, 0.6) is 0 Å². The van der Waals surface area contributed by atoms with Crippen molar-refractivity contribution in [2.24, 2.45) is 0 Å². The molecule has 2 aromatic rings. The summed E-state index contributed by atoms with van der Waals surface area (Å²) < 4.78 is 5.18. The van der Waals surface area contributed by atoms with Crippen molar-refractivity contribution < 1.29 is 14.3 Å². The van der Waals surface area contributed by atoms with E-state index in [1.54, 1.807) is 18.7 Å². The Morgan fingerprint density at radius 2 is 1.89 bits per heavy atom. The number of esters is 1. The number of amides is 1. The average Bonchev–Trinajstić information content (AvgIpc) is 3.01. The number of carbonyl (C=O) groups is 2. The highest BCUT2D eigenvalue weighted by Crippen LogP contribution is 2.30. The van der Waals surface area contributed by atoms with Gasteiger partial charge in [-0.3, -0.25) is 4.98 Å². The number of nitrogens with two attached hydrogens (primary N) is 1. The highest BCUT2D eigenvalue weighted by atomic mass is 32.1. The Morgan fingerprint density at radius 3 is 2.61 bits per heavy atom. The van der Waals surface area contributed by atoms with Gasteiger partial charge in [-0.05, 0) is 40.0 Å². The van der Waals surface area contributed by atoms with E-state index in [1.165, 1.54) is 11.3 Å². The van der Waals surface area contributed by atoms with E-state index in [0.29, 0.717) is 29.5 Å². The number of carbonyl (C=O) groups excluding carboxylic acids is 2. The Balaban J connectivity index is 1.75. The molecule has 28 heavy (non-hydrogen) atoms. The summed E-state index contributed by atoms with van der Waals surface area (Å²) in [6.45, 7) is 7.77. The summed E-state index contributed by atoms with van der Waals surface area (Å²) in [5.74, 6) is -0.766. The Kier molecular flexibility index (Phi) is 5.93. The van der Waals surface area contributed by atoms with E-state index >= 15 is 0 Å². The second-order valence-corrected chi connectivity index (χ2v) is 8.11. The maximum Gasteiger partial charge on any atom is 0.418 e. The van der Waals surface area contributed by atoms with Gasteiger partial charge in [0, 0.05) is 23.9 Å². The van der Waals surface area contributed by atoms with Crippen molar-refractivity contribution in [2.75, 3.05) is 12.3 Å². The third kappa shape index (κ3) is 4.14. The molecular formula is C19H25N5O3S. The molecule has 0 radical (unpaired) electrons. The number of fused-ring (bicyclic) bond motifs is 1. The smallest absolute Gasteiger partial charge is 0.375 e. The van der Waals surface area contributed by atoms with Crippen LogP contribution in [0.25, 0.3) is 0 Å². The summed E-state index contributed by atoms with van der Waals surface area (Å²) in [6.07, 6.45) is 2.33. The van der Waals surface area contributed by atoms with Gasteiger partial charge in [-0.1, -0.05) is 6.92 Å². The van der Waals surface area contributed by atoms with E-state index in [9.17, 15) is 9.59 Å². The second-order valence-electron chi connectivity index (χ2n) is 7.00. The van der Waals surface area contributed by atoms with Gasteiger partial charge in [-0.2, -0.15) is 0 Å². The lowest BCUT2D eigenvalue weighted by Crippen LogP contribution is -2.44. The molecule has 1 aliphatic carbocycles. The minimum absolute atomic E-state index is 0.0421. The van der Waals surface area contributed by atoms with E-state index in [1.807, 2.05) is 13.8 Å². The van der Waals surface area contributed by atoms with Crippen LogP contribution >= 0.6 is 11.3 Å². The van der Waals surface area contributed by atoms with Crippen molar-refractivity contribution in [3.05, 3.63) is 33.3 Å². The van der Waals surface area contributed by atoms with Gasteiger partial charge in [0.25, 0.3) is 0 Å². The molecule has 0 fully saturated rings. The van der Waals surface area contributed by atoms with Crippen LogP contribution in [-0.4, -0.2) is 44.5 Å². The number of hydrogen-bond acceptors (Lipinski definition) is 8. The van der Waals surface area contributed by atoms with Gasteiger partial charge in [0.1, 0.15) is 0 Å². The first-order valence-corrected chi connectivity index (χ1v) is 10.2. The molecule has 0 unspecified atom stereocenters. The van der Waals surface area contributed by atoms with Gasteiger partial charge in [-0.15, -0.1) is 11.3 Å². The van der Waals surface area contributed by atoms with Crippen molar-refractivity contribution in [1.82, 2.24) is 19.9 Å². The minimum atomic E-state index is -0.766. The fourth-order valence-corrected chi connectivity index (χ4v) is 4.35. The molecule has 1 aliphatic rings. The molecule has 2 heterocycles. The lowest BCUT2D eigenvalue weighted by molar-refractivity contribution is 0.0487. The van der Waals surface area contributed by atoms with Crippen LogP contribution < -0.4 is 5.73 Å². The highest BCUT2D eigenvalue weighted by molar-refractivity contribution is 7.15. The van der Waals surface area contributed by atoms with Crippen LogP contribution in [-0.2, 0) is 17.6 Å². The average molecular weight is 404 g/mol.